The number of nitrogen functional groups attached to an aromatic ring is 1. The fourth-order valence-electron chi connectivity index (χ4n) is 1.67. The molecule has 2 rings (SSSR count). The minimum atomic E-state index is -0.170. The Balaban J connectivity index is 1.97. The molecule has 0 radical (unpaired) electrons. The molecule has 1 aliphatic carbocycles. The molecule has 19 heavy (non-hydrogen) atoms. The molecule has 1 heterocycles. The molecule has 6 nitrogen and oxygen atoms in total. The molecule has 0 aliphatic heterocycles. The van der Waals surface area contributed by atoms with Crippen LogP contribution in [-0.2, 0) is 9.53 Å². The number of carbonyl (C=O) groups excluding carboxylic acids is 1. The molecule has 0 bridgehead atoms. The van der Waals surface area contributed by atoms with Crippen molar-refractivity contribution in [3.63, 3.8) is 0 Å². The van der Waals surface area contributed by atoms with Gasteiger partial charge in [-0.1, -0.05) is 11.6 Å². The number of hydrazine groups is 1. The fraction of sp³-hybridized carbons (Fsp3) is 0.545. The van der Waals surface area contributed by atoms with Crippen LogP contribution in [-0.4, -0.2) is 28.8 Å². The van der Waals surface area contributed by atoms with Crippen LogP contribution < -0.4 is 11.3 Å². The number of nitrogens with one attached hydrogen (secondary N) is 1. The summed E-state index contributed by atoms with van der Waals surface area (Å²) < 4.78 is 4.71. The van der Waals surface area contributed by atoms with Crippen molar-refractivity contribution in [2.45, 2.75) is 24.3 Å². The van der Waals surface area contributed by atoms with Gasteiger partial charge in [-0.2, -0.15) is 0 Å². The molecule has 0 amide bonds. The molecule has 1 aromatic heterocycles. The highest BCUT2D eigenvalue weighted by Gasteiger charge is 2.44. The second kappa shape index (κ2) is 5.94. The van der Waals surface area contributed by atoms with E-state index in [9.17, 15) is 4.79 Å². The lowest BCUT2D eigenvalue weighted by Crippen LogP contribution is -2.13. The number of methoxy groups -OCH3 is 1. The largest absolute Gasteiger partial charge is 0.469 e. The lowest BCUT2D eigenvalue weighted by Gasteiger charge is -2.13. The average molecular weight is 303 g/mol. The highest BCUT2D eigenvalue weighted by molar-refractivity contribution is 7.99. The number of anilines is 1. The maximum Gasteiger partial charge on any atom is 0.306 e. The Bertz CT molecular complexity index is 482. The van der Waals surface area contributed by atoms with Crippen LogP contribution in [0.1, 0.15) is 19.3 Å². The fourth-order valence-corrected chi connectivity index (χ4v) is 3.10. The summed E-state index contributed by atoms with van der Waals surface area (Å²) in [6.45, 7) is 0. The van der Waals surface area contributed by atoms with E-state index in [1.807, 2.05) is 0 Å². The molecule has 3 N–H and O–H groups in total. The molecule has 0 unspecified atom stereocenters. The zero-order valence-corrected chi connectivity index (χ0v) is 12.1. The summed E-state index contributed by atoms with van der Waals surface area (Å²) in [6, 6.07) is 0. The number of nitrogens with zero attached hydrogens (tertiary/aromatic N) is 2. The van der Waals surface area contributed by atoms with Gasteiger partial charge in [0.2, 0.25) is 5.95 Å². The molecule has 0 aromatic carbocycles. The third kappa shape index (κ3) is 3.71. The van der Waals surface area contributed by atoms with Crippen molar-refractivity contribution in [3.05, 3.63) is 11.2 Å². The van der Waals surface area contributed by atoms with Crippen LogP contribution >= 0.6 is 23.4 Å². The molecular formula is C11H15ClN4O2S. The van der Waals surface area contributed by atoms with Crippen LogP contribution in [0.15, 0.2) is 11.2 Å². The van der Waals surface area contributed by atoms with Crippen molar-refractivity contribution >= 4 is 35.3 Å². The van der Waals surface area contributed by atoms with E-state index in [4.69, 9.17) is 22.2 Å². The molecule has 0 spiro atoms. The summed E-state index contributed by atoms with van der Waals surface area (Å²) in [6.07, 6.45) is 4.01. The van der Waals surface area contributed by atoms with Crippen LogP contribution in [0.5, 0.6) is 0 Å². The number of hydrogen-bond donors (Lipinski definition) is 2. The first-order valence-electron chi connectivity index (χ1n) is 5.77. The first kappa shape index (κ1) is 14.4. The first-order valence-corrected chi connectivity index (χ1v) is 7.14. The first-order chi connectivity index (χ1) is 9.08. The Hall–Kier alpha value is -1.05. The molecule has 0 atom stereocenters. The highest BCUT2D eigenvalue weighted by Crippen LogP contribution is 2.52. The van der Waals surface area contributed by atoms with Gasteiger partial charge in [0.15, 0.2) is 0 Å². The van der Waals surface area contributed by atoms with Gasteiger partial charge in [0, 0.05) is 5.75 Å². The Morgan fingerprint density at radius 3 is 3.00 bits per heavy atom. The van der Waals surface area contributed by atoms with Gasteiger partial charge >= 0.3 is 5.97 Å². The van der Waals surface area contributed by atoms with Gasteiger partial charge in [0.25, 0.3) is 0 Å². The normalized spacial score (nSPS) is 15.9. The van der Waals surface area contributed by atoms with Crippen molar-refractivity contribution in [2.24, 2.45) is 11.3 Å². The van der Waals surface area contributed by atoms with E-state index in [1.54, 1.807) is 0 Å². The van der Waals surface area contributed by atoms with Gasteiger partial charge in [0.05, 0.1) is 24.8 Å². The lowest BCUT2D eigenvalue weighted by atomic mass is 10.1. The molecule has 0 saturated heterocycles. The maximum absolute atomic E-state index is 11.3. The number of hydrogen-bond acceptors (Lipinski definition) is 7. The van der Waals surface area contributed by atoms with E-state index in [2.05, 4.69) is 15.4 Å². The van der Waals surface area contributed by atoms with Gasteiger partial charge in [-0.3, -0.25) is 10.2 Å². The monoisotopic (exact) mass is 302 g/mol. The number of aromatic nitrogens is 2. The van der Waals surface area contributed by atoms with E-state index in [0.29, 0.717) is 22.4 Å². The predicted molar refractivity (Wildman–Crippen MR) is 73.9 cm³/mol. The van der Waals surface area contributed by atoms with Crippen molar-refractivity contribution in [3.8, 4) is 0 Å². The number of halogens is 1. The third-order valence-electron chi connectivity index (χ3n) is 3.06. The molecular weight excluding hydrogens is 288 g/mol. The molecule has 1 saturated carbocycles. The van der Waals surface area contributed by atoms with Crippen LogP contribution in [0.25, 0.3) is 0 Å². The second-order valence-electron chi connectivity index (χ2n) is 4.53. The Morgan fingerprint density at radius 2 is 2.42 bits per heavy atom. The number of thioether (sulfide) groups is 1. The van der Waals surface area contributed by atoms with E-state index in [-0.39, 0.29) is 11.4 Å². The van der Waals surface area contributed by atoms with Crippen molar-refractivity contribution in [1.82, 2.24) is 9.97 Å². The zero-order chi connectivity index (χ0) is 13.9. The quantitative estimate of drug-likeness (QED) is 0.272. The Labute approximate surface area is 120 Å². The van der Waals surface area contributed by atoms with Crippen molar-refractivity contribution in [1.29, 1.82) is 0 Å². The second-order valence-corrected chi connectivity index (χ2v) is 5.90. The minimum absolute atomic E-state index is 0.0301. The van der Waals surface area contributed by atoms with Crippen LogP contribution in [0.2, 0.25) is 5.02 Å². The number of esters is 1. The summed E-state index contributed by atoms with van der Waals surface area (Å²) >= 11 is 7.54. The van der Waals surface area contributed by atoms with Crippen molar-refractivity contribution < 1.29 is 9.53 Å². The maximum atomic E-state index is 11.3. The number of ether oxygens (including phenoxy) is 1. The van der Waals surface area contributed by atoms with E-state index >= 15 is 0 Å². The van der Waals surface area contributed by atoms with Gasteiger partial charge in [0.1, 0.15) is 5.03 Å². The Morgan fingerprint density at radius 1 is 1.68 bits per heavy atom. The predicted octanol–water partition coefficient (Wildman–Crippen LogP) is 1.85. The summed E-state index contributed by atoms with van der Waals surface area (Å²) in [5.74, 6) is 6.19. The lowest BCUT2D eigenvalue weighted by molar-refractivity contribution is -0.141. The topological polar surface area (TPSA) is 90.1 Å². The van der Waals surface area contributed by atoms with E-state index in [1.165, 1.54) is 25.1 Å². The van der Waals surface area contributed by atoms with Crippen LogP contribution in [0.3, 0.4) is 0 Å². The zero-order valence-electron chi connectivity index (χ0n) is 10.5. The molecule has 104 valence electrons. The number of rotatable bonds is 6. The van der Waals surface area contributed by atoms with E-state index in [0.717, 1.165) is 18.6 Å². The molecule has 8 heteroatoms. The van der Waals surface area contributed by atoms with Crippen LogP contribution in [0, 0.1) is 5.41 Å². The molecule has 1 aromatic rings. The number of carbonyl (C=O) groups is 1. The SMILES string of the molecule is COC(=O)CC1(CSc2nc(NN)ncc2Cl)CC1. The van der Waals surface area contributed by atoms with Crippen LogP contribution in [0.4, 0.5) is 5.95 Å². The van der Waals surface area contributed by atoms with Gasteiger partial charge in [-0.05, 0) is 18.3 Å². The van der Waals surface area contributed by atoms with Gasteiger partial charge in [-0.15, -0.1) is 11.8 Å². The third-order valence-corrected chi connectivity index (χ3v) is 4.79. The minimum Gasteiger partial charge on any atom is -0.469 e. The van der Waals surface area contributed by atoms with E-state index < -0.39 is 0 Å². The summed E-state index contributed by atoms with van der Waals surface area (Å²) in [5.41, 5.74) is 2.41. The smallest absolute Gasteiger partial charge is 0.306 e. The molecule has 1 fully saturated rings. The summed E-state index contributed by atoms with van der Waals surface area (Å²) in [5, 5.41) is 1.15. The molecule has 1 aliphatic rings. The number of nitrogens with two attached hydrogens (primary N) is 1. The Kier molecular flexibility index (Phi) is 4.49. The van der Waals surface area contributed by atoms with Gasteiger partial charge in [-0.25, -0.2) is 15.8 Å². The highest BCUT2D eigenvalue weighted by atomic mass is 35.5. The standard InChI is InChI=1S/C11H15ClN4O2S/c1-18-8(17)4-11(2-3-11)6-19-9-7(12)5-14-10(15-9)16-13/h5H,2-4,6,13H2,1H3,(H,14,15,16). The summed E-state index contributed by atoms with van der Waals surface area (Å²) in [7, 11) is 1.41. The van der Waals surface area contributed by atoms with Crippen molar-refractivity contribution in [2.75, 3.05) is 18.3 Å². The average Bonchev–Trinajstić information content (AvgIpc) is 3.18. The van der Waals surface area contributed by atoms with Gasteiger partial charge < -0.3 is 4.74 Å². The summed E-state index contributed by atoms with van der Waals surface area (Å²) in [4.78, 5) is 19.4.